The maximum Gasteiger partial charge on any atom is 0.339 e. The number of nitrogens with zero attached hydrogens (tertiary/aromatic N) is 1. The Morgan fingerprint density at radius 2 is 2.36 bits per heavy atom. The number of rotatable bonds is 2. The van der Waals surface area contributed by atoms with Gasteiger partial charge in [0.25, 0.3) is 0 Å². The highest BCUT2D eigenvalue weighted by Crippen LogP contribution is 2.27. The summed E-state index contributed by atoms with van der Waals surface area (Å²) in [6.45, 7) is 0. The van der Waals surface area contributed by atoms with Gasteiger partial charge in [-0.3, -0.25) is 0 Å². The molecule has 14 heavy (non-hydrogen) atoms. The molecule has 0 amide bonds. The van der Waals surface area contributed by atoms with E-state index in [4.69, 9.17) is 9.84 Å². The predicted molar refractivity (Wildman–Crippen MR) is 53.1 cm³/mol. The Bertz CT molecular complexity index is 492. The summed E-state index contributed by atoms with van der Waals surface area (Å²) in [5.74, 6) is -0.633. The fourth-order valence-electron chi connectivity index (χ4n) is 1.22. The third-order valence-electron chi connectivity index (χ3n) is 1.88. The van der Waals surface area contributed by atoms with Gasteiger partial charge in [-0.1, -0.05) is 0 Å². The van der Waals surface area contributed by atoms with Gasteiger partial charge in [0.2, 0.25) is 0 Å². The van der Waals surface area contributed by atoms with Crippen molar-refractivity contribution in [1.82, 2.24) is 4.98 Å². The highest BCUT2D eigenvalue weighted by molar-refractivity contribution is 7.16. The predicted octanol–water partition coefficient (Wildman–Crippen LogP) is 2.00. The first kappa shape index (κ1) is 8.96. The Balaban J connectivity index is 2.72. The number of ether oxygens (including phenoxy) is 1. The molecule has 1 aromatic carbocycles. The van der Waals surface area contributed by atoms with Crippen molar-refractivity contribution >= 4 is 27.5 Å². The summed E-state index contributed by atoms with van der Waals surface area (Å²) < 4.78 is 5.91. The number of fused-ring (bicyclic) bond motifs is 1. The van der Waals surface area contributed by atoms with Gasteiger partial charge in [-0.25, -0.2) is 9.78 Å². The number of carboxylic acid groups (broad SMARTS) is 1. The zero-order valence-electron chi connectivity index (χ0n) is 7.35. The smallest absolute Gasteiger partial charge is 0.339 e. The van der Waals surface area contributed by atoms with E-state index < -0.39 is 5.97 Å². The van der Waals surface area contributed by atoms with Crippen LogP contribution in [0.3, 0.4) is 0 Å². The standard InChI is InChI=1S/C9H7NO3S/c1-13-7-3-8-6(10-4-14-8)2-5(7)9(11)12/h2-4H,1H3,(H,11,12). The van der Waals surface area contributed by atoms with Gasteiger partial charge in [0.15, 0.2) is 0 Å². The second-order valence-corrected chi connectivity index (χ2v) is 3.56. The first-order valence-electron chi connectivity index (χ1n) is 3.87. The number of carboxylic acids is 1. The maximum atomic E-state index is 10.8. The van der Waals surface area contributed by atoms with Crippen LogP contribution in [0.4, 0.5) is 0 Å². The van der Waals surface area contributed by atoms with Crippen LogP contribution in [-0.2, 0) is 0 Å². The molecule has 0 bridgehead atoms. The van der Waals surface area contributed by atoms with Gasteiger partial charge >= 0.3 is 5.97 Å². The molecule has 0 aliphatic rings. The SMILES string of the molecule is COc1cc2scnc2cc1C(=O)O. The average molecular weight is 209 g/mol. The van der Waals surface area contributed by atoms with Crippen molar-refractivity contribution in [2.24, 2.45) is 0 Å². The number of benzene rings is 1. The molecule has 2 rings (SSSR count). The van der Waals surface area contributed by atoms with Gasteiger partial charge in [0, 0.05) is 6.07 Å². The Kier molecular flexibility index (Phi) is 2.09. The van der Waals surface area contributed by atoms with Crippen molar-refractivity contribution in [2.45, 2.75) is 0 Å². The fraction of sp³-hybridized carbons (Fsp3) is 0.111. The number of aromatic carboxylic acids is 1. The van der Waals surface area contributed by atoms with E-state index in [1.807, 2.05) is 0 Å². The third kappa shape index (κ3) is 1.31. The van der Waals surface area contributed by atoms with Crippen molar-refractivity contribution in [2.75, 3.05) is 7.11 Å². The molecule has 0 aliphatic carbocycles. The lowest BCUT2D eigenvalue weighted by atomic mass is 10.2. The zero-order valence-corrected chi connectivity index (χ0v) is 8.17. The van der Waals surface area contributed by atoms with E-state index in [9.17, 15) is 4.79 Å². The number of aromatic nitrogens is 1. The molecule has 72 valence electrons. The van der Waals surface area contributed by atoms with Crippen LogP contribution in [0.1, 0.15) is 10.4 Å². The second-order valence-electron chi connectivity index (χ2n) is 2.68. The monoisotopic (exact) mass is 209 g/mol. The topological polar surface area (TPSA) is 59.4 Å². The molecule has 0 fully saturated rings. The Labute approximate surface area is 83.8 Å². The van der Waals surface area contributed by atoms with Crippen LogP contribution in [0.25, 0.3) is 10.2 Å². The van der Waals surface area contributed by atoms with Gasteiger partial charge in [-0.15, -0.1) is 11.3 Å². The van der Waals surface area contributed by atoms with E-state index >= 15 is 0 Å². The lowest BCUT2D eigenvalue weighted by Crippen LogP contribution is -1.99. The first-order chi connectivity index (χ1) is 6.72. The van der Waals surface area contributed by atoms with E-state index in [0.717, 1.165) is 4.70 Å². The summed E-state index contributed by atoms with van der Waals surface area (Å²) in [6, 6.07) is 3.21. The summed E-state index contributed by atoms with van der Waals surface area (Å²) >= 11 is 1.45. The number of thiazole rings is 1. The van der Waals surface area contributed by atoms with Crippen LogP contribution in [0.15, 0.2) is 17.6 Å². The summed E-state index contributed by atoms with van der Waals surface area (Å²) in [6.07, 6.45) is 0. The van der Waals surface area contributed by atoms with Gasteiger partial charge in [-0.05, 0) is 6.07 Å². The number of hydrogen-bond donors (Lipinski definition) is 1. The summed E-state index contributed by atoms with van der Waals surface area (Å²) in [4.78, 5) is 14.9. The molecule has 0 saturated heterocycles. The van der Waals surface area contributed by atoms with Crippen LogP contribution in [0.2, 0.25) is 0 Å². The minimum Gasteiger partial charge on any atom is -0.496 e. The van der Waals surface area contributed by atoms with Gasteiger partial charge in [-0.2, -0.15) is 0 Å². The Morgan fingerprint density at radius 1 is 1.57 bits per heavy atom. The van der Waals surface area contributed by atoms with Crippen LogP contribution in [0.5, 0.6) is 5.75 Å². The number of carbonyl (C=O) groups is 1. The maximum absolute atomic E-state index is 10.8. The van der Waals surface area contributed by atoms with Gasteiger partial charge < -0.3 is 9.84 Å². The zero-order chi connectivity index (χ0) is 10.1. The van der Waals surface area contributed by atoms with E-state index in [0.29, 0.717) is 11.3 Å². The van der Waals surface area contributed by atoms with Gasteiger partial charge in [0.05, 0.1) is 22.8 Å². The van der Waals surface area contributed by atoms with Crippen LogP contribution < -0.4 is 4.74 Å². The number of hydrogen-bond acceptors (Lipinski definition) is 4. The molecule has 0 unspecified atom stereocenters. The van der Waals surface area contributed by atoms with Crippen molar-refractivity contribution in [3.63, 3.8) is 0 Å². The molecule has 0 atom stereocenters. The molecule has 0 radical (unpaired) electrons. The quantitative estimate of drug-likeness (QED) is 0.821. The highest BCUT2D eigenvalue weighted by atomic mass is 32.1. The third-order valence-corrected chi connectivity index (χ3v) is 2.67. The molecule has 0 aliphatic heterocycles. The molecule has 4 nitrogen and oxygen atoms in total. The van der Waals surface area contributed by atoms with Crippen molar-refractivity contribution in [3.05, 3.63) is 23.2 Å². The van der Waals surface area contributed by atoms with E-state index in [-0.39, 0.29) is 5.56 Å². The molecular weight excluding hydrogens is 202 g/mol. The van der Waals surface area contributed by atoms with E-state index in [1.165, 1.54) is 24.5 Å². The van der Waals surface area contributed by atoms with Crippen molar-refractivity contribution in [1.29, 1.82) is 0 Å². The summed E-state index contributed by atoms with van der Waals surface area (Å²) in [5, 5.41) is 8.89. The normalized spacial score (nSPS) is 10.4. The van der Waals surface area contributed by atoms with Crippen molar-refractivity contribution in [3.8, 4) is 5.75 Å². The van der Waals surface area contributed by atoms with E-state index in [1.54, 1.807) is 11.6 Å². The Hall–Kier alpha value is -1.62. The van der Waals surface area contributed by atoms with Gasteiger partial charge in [0.1, 0.15) is 11.3 Å². The lowest BCUT2D eigenvalue weighted by Gasteiger charge is -2.03. The molecule has 5 heteroatoms. The van der Waals surface area contributed by atoms with Crippen LogP contribution in [-0.4, -0.2) is 23.2 Å². The summed E-state index contributed by atoms with van der Waals surface area (Å²) in [7, 11) is 1.45. The minimum absolute atomic E-state index is 0.144. The van der Waals surface area contributed by atoms with Crippen molar-refractivity contribution < 1.29 is 14.6 Å². The second kappa shape index (κ2) is 3.26. The first-order valence-corrected chi connectivity index (χ1v) is 4.75. The molecular formula is C9H7NO3S. The molecule has 1 heterocycles. The van der Waals surface area contributed by atoms with E-state index in [2.05, 4.69) is 4.98 Å². The average Bonchev–Trinajstić information content (AvgIpc) is 2.62. The van der Waals surface area contributed by atoms with Crippen LogP contribution >= 0.6 is 11.3 Å². The molecule has 0 spiro atoms. The highest BCUT2D eigenvalue weighted by Gasteiger charge is 2.12. The lowest BCUT2D eigenvalue weighted by molar-refractivity contribution is 0.0693. The molecule has 1 N–H and O–H groups in total. The molecule has 1 aromatic heterocycles. The Morgan fingerprint density at radius 3 is 3.00 bits per heavy atom. The largest absolute Gasteiger partial charge is 0.496 e. The van der Waals surface area contributed by atoms with Crippen LogP contribution in [0, 0.1) is 0 Å². The fourth-order valence-corrected chi connectivity index (χ4v) is 1.91. The molecule has 0 saturated carbocycles. The summed E-state index contributed by atoms with van der Waals surface area (Å²) in [5.41, 5.74) is 2.51. The molecule has 2 aromatic rings. The minimum atomic E-state index is -1.00. The number of methoxy groups -OCH3 is 1.